The van der Waals surface area contributed by atoms with E-state index in [9.17, 15) is 4.79 Å². The third-order valence-electron chi connectivity index (χ3n) is 4.38. The van der Waals surface area contributed by atoms with Crippen LogP contribution in [0, 0.1) is 0 Å². The summed E-state index contributed by atoms with van der Waals surface area (Å²) in [5.41, 5.74) is 2.69. The molecule has 1 atom stereocenters. The molecule has 1 unspecified atom stereocenters. The van der Waals surface area contributed by atoms with Crippen LogP contribution in [0.3, 0.4) is 0 Å². The predicted octanol–water partition coefficient (Wildman–Crippen LogP) is 5.08. The predicted molar refractivity (Wildman–Crippen MR) is 99.2 cm³/mol. The van der Waals surface area contributed by atoms with Crippen LogP contribution in [-0.2, 0) is 0 Å². The van der Waals surface area contributed by atoms with Crippen LogP contribution in [0.15, 0.2) is 53.0 Å². The Morgan fingerprint density at radius 3 is 2.57 bits per heavy atom. The van der Waals surface area contributed by atoms with E-state index in [1.807, 2.05) is 36.4 Å². The number of amides is 1. The Morgan fingerprint density at radius 2 is 1.87 bits per heavy atom. The molecule has 23 heavy (non-hydrogen) atoms. The van der Waals surface area contributed by atoms with Crippen LogP contribution in [0.25, 0.3) is 0 Å². The maximum absolute atomic E-state index is 12.3. The summed E-state index contributed by atoms with van der Waals surface area (Å²) in [6.45, 7) is 3.39. The number of halogens is 1. The van der Waals surface area contributed by atoms with Crippen LogP contribution in [0.4, 0.5) is 11.4 Å². The fourth-order valence-electron chi connectivity index (χ4n) is 3.06. The van der Waals surface area contributed by atoms with Crippen LogP contribution >= 0.6 is 15.9 Å². The minimum Gasteiger partial charge on any atom is -0.369 e. The van der Waals surface area contributed by atoms with Crippen molar-refractivity contribution in [2.75, 3.05) is 16.8 Å². The van der Waals surface area contributed by atoms with E-state index < -0.39 is 0 Å². The molecule has 0 aliphatic carbocycles. The summed E-state index contributed by atoms with van der Waals surface area (Å²) in [6.07, 6.45) is 3.82. The molecule has 2 aromatic rings. The number of nitrogens with one attached hydrogen (secondary N) is 1. The zero-order valence-electron chi connectivity index (χ0n) is 13.3. The minimum absolute atomic E-state index is 0.100. The van der Waals surface area contributed by atoms with E-state index in [1.54, 1.807) is 0 Å². The average molecular weight is 373 g/mol. The molecule has 120 valence electrons. The van der Waals surface area contributed by atoms with E-state index in [1.165, 1.54) is 24.9 Å². The highest BCUT2D eigenvalue weighted by Gasteiger charge is 2.18. The van der Waals surface area contributed by atoms with E-state index >= 15 is 0 Å². The van der Waals surface area contributed by atoms with Crippen LogP contribution < -0.4 is 10.2 Å². The van der Waals surface area contributed by atoms with Crippen LogP contribution in [0.1, 0.15) is 36.5 Å². The van der Waals surface area contributed by atoms with E-state index in [2.05, 4.69) is 45.2 Å². The monoisotopic (exact) mass is 372 g/mol. The van der Waals surface area contributed by atoms with Gasteiger partial charge in [0.1, 0.15) is 0 Å². The third-order valence-corrected chi connectivity index (χ3v) is 5.07. The molecular weight excluding hydrogens is 352 g/mol. The lowest BCUT2D eigenvalue weighted by molar-refractivity contribution is 0.102. The van der Waals surface area contributed by atoms with Gasteiger partial charge in [-0.2, -0.15) is 0 Å². The topological polar surface area (TPSA) is 32.3 Å². The Balaban J connectivity index is 1.70. The molecule has 3 rings (SSSR count). The van der Waals surface area contributed by atoms with Gasteiger partial charge in [0.05, 0.1) is 5.56 Å². The van der Waals surface area contributed by atoms with E-state index in [-0.39, 0.29) is 5.91 Å². The Labute approximate surface area is 145 Å². The van der Waals surface area contributed by atoms with Gasteiger partial charge in [0.15, 0.2) is 0 Å². The van der Waals surface area contributed by atoms with Crippen molar-refractivity contribution in [3.05, 3.63) is 58.6 Å². The molecule has 0 radical (unpaired) electrons. The number of nitrogens with zero attached hydrogens (tertiary/aromatic N) is 1. The first-order valence-corrected chi connectivity index (χ1v) is 8.87. The first-order chi connectivity index (χ1) is 11.1. The van der Waals surface area contributed by atoms with Gasteiger partial charge in [-0.25, -0.2) is 0 Å². The van der Waals surface area contributed by atoms with Crippen molar-refractivity contribution >= 4 is 33.2 Å². The molecular formula is C19H21BrN2O. The third kappa shape index (κ3) is 3.75. The van der Waals surface area contributed by atoms with Gasteiger partial charge in [0, 0.05) is 28.4 Å². The van der Waals surface area contributed by atoms with Crippen LogP contribution in [0.5, 0.6) is 0 Å². The highest BCUT2D eigenvalue weighted by Crippen LogP contribution is 2.26. The quantitative estimate of drug-likeness (QED) is 0.814. The number of hydrogen-bond donors (Lipinski definition) is 1. The SMILES string of the molecule is CC1CCCCN1c1ccc(NC(=O)c2ccccc2Br)cc1. The van der Waals surface area contributed by atoms with E-state index in [0.717, 1.165) is 16.7 Å². The lowest BCUT2D eigenvalue weighted by atomic mass is 10.0. The number of hydrogen-bond acceptors (Lipinski definition) is 2. The van der Waals surface area contributed by atoms with Crippen molar-refractivity contribution in [2.24, 2.45) is 0 Å². The van der Waals surface area contributed by atoms with Crippen molar-refractivity contribution in [1.29, 1.82) is 0 Å². The molecule has 2 aromatic carbocycles. The molecule has 0 aromatic heterocycles. The molecule has 3 nitrogen and oxygen atoms in total. The molecule has 1 N–H and O–H groups in total. The second kappa shape index (κ2) is 7.18. The maximum Gasteiger partial charge on any atom is 0.256 e. The molecule has 1 amide bonds. The van der Waals surface area contributed by atoms with Gasteiger partial charge in [-0.15, -0.1) is 0 Å². The minimum atomic E-state index is -0.100. The van der Waals surface area contributed by atoms with Crippen molar-refractivity contribution in [2.45, 2.75) is 32.2 Å². The summed E-state index contributed by atoms with van der Waals surface area (Å²) in [7, 11) is 0. The van der Waals surface area contributed by atoms with Crippen LogP contribution in [-0.4, -0.2) is 18.5 Å². The van der Waals surface area contributed by atoms with Gasteiger partial charge in [0.25, 0.3) is 5.91 Å². The zero-order chi connectivity index (χ0) is 16.2. The van der Waals surface area contributed by atoms with Crippen molar-refractivity contribution in [1.82, 2.24) is 0 Å². The van der Waals surface area contributed by atoms with E-state index in [4.69, 9.17) is 0 Å². The summed E-state index contributed by atoms with van der Waals surface area (Å²) < 4.78 is 0.802. The molecule has 0 spiro atoms. The van der Waals surface area contributed by atoms with Gasteiger partial charge in [-0.05, 0) is 78.5 Å². The molecule has 1 heterocycles. The highest BCUT2D eigenvalue weighted by atomic mass is 79.9. The van der Waals surface area contributed by atoms with E-state index in [0.29, 0.717) is 11.6 Å². The van der Waals surface area contributed by atoms with Crippen molar-refractivity contribution in [3.63, 3.8) is 0 Å². The highest BCUT2D eigenvalue weighted by molar-refractivity contribution is 9.10. The molecule has 0 bridgehead atoms. The van der Waals surface area contributed by atoms with Crippen molar-refractivity contribution < 1.29 is 4.79 Å². The zero-order valence-corrected chi connectivity index (χ0v) is 14.8. The smallest absolute Gasteiger partial charge is 0.256 e. The molecule has 0 saturated carbocycles. The molecule has 1 saturated heterocycles. The fraction of sp³-hybridized carbons (Fsp3) is 0.316. The largest absolute Gasteiger partial charge is 0.369 e. The number of anilines is 2. The number of benzene rings is 2. The second-order valence-corrected chi connectivity index (χ2v) is 6.87. The first-order valence-electron chi connectivity index (χ1n) is 8.08. The number of rotatable bonds is 3. The summed E-state index contributed by atoms with van der Waals surface area (Å²) in [5.74, 6) is -0.100. The molecule has 4 heteroatoms. The van der Waals surface area contributed by atoms with Gasteiger partial charge in [0.2, 0.25) is 0 Å². The Hall–Kier alpha value is -1.81. The summed E-state index contributed by atoms with van der Waals surface area (Å²) in [4.78, 5) is 14.8. The van der Waals surface area contributed by atoms with Crippen LogP contribution in [0.2, 0.25) is 0 Å². The second-order valence-electron chi connectivity index (χ2n) is 6.02. The average Bonchev–Trinajstić information content (AvgIpc) is 2.56. The molecule has 1 aliphatic rings. The summed E-state index contributed by atoms with van der Waals surface area (Å²) in [6, 6.07) is 16.2. The fourth-order valence-corrected chi connectivity index (χ4v) is 3.53. The van der Waals surface area contributed by atoms with Gasteiger partial charge < -0.3 is 10.2 Å². The van der Waals surface area contributed by atoms with Gasteiger partial charge in [-0.3, -0.25) is 4.79 Å². The molecule has 1 fully saturated rings. The first kappa shape index (κ1) is 16.1. The molecule has 1 aliphatic heterocycles. The summed E-state index contributed by atoms with van der Waals surface area (Å²) >= 11 is 3.41. The number of carbonyl (C=O) groups is 1. The standard InChI is InChI=1S/C19H21BrN2O/c1-14-6-4-5-13-22(14)16-11-9-15(10-12-16)21-19(23)17-7-2-3-8-18(17)20/h2-3,7-12,14H,4-6,13H2,1H3,(H,21,23). The number of carbonyl (C=O) groups excluding carboxylic acids is 1. The van der Waals surface area contributed by atoms with Crippen molar-refractivity contribution in [3.8, 4) is 0 Å². The summed E-state index contributed by atoms with van der Waals surface area (Å²) in [5, 5.41) is 2.95. The van der Waals surface area contributed by atoms with Gasteiger partial charge in [-0.1, -0.05) is 12.1 Å². The normalized spacial score (nSPS) is 17.8. The van der Waals surface area contributed by atoms with Gasteiger partial charge >= 0.3 is 0 Å². The Bertz CT molecular complexity index is 684. The maximum atomic E-state index is 12.3. The lowest BCUT2D eigenvalue weighted by Gasteiger charge is -2.35. The Morgan fingerprint density at radius 1 is 1.13 bits per heavy atom. The lowest BCUT2D eigenvalue weighted by Crippen LogP contribution is -2.37. The number of piperidine rings is 1. The Kier molecular flexibility index (Phi) is 5.01.